The first-order chi connectivity index (χ1) is 13.2. The lowest BCUT2D eigenvalue weighted by Gasteiger charge is -2.23. The third-order valence-electron chi connectivity index (χ3n) is 4.35. The standard InChI is InChI=1S/C19H17F3IN3OS/c20-19(21,22)13-5-8-16(26-9-1-2-10-26)15(11-13)24-18(28)25-17(27)12-3-6-14(23)7-4-12/h3-8,11H,1-2,9-10H2,(H2,24,25,27,28). The van der Waals surface area contributed by atoms with Crippen LogP contribution < -0.4 is 15.5 Å². The number of hydrogen-bond donors (Lipinski definition) is 2. The lowest BCUT2D eigenvalue weighted by molar-refractivity contribution is -0.137. The summed E-state index contributed by atoms with van der Waals surface area (Å²) in [7, 11) is 0. The lowest BCUT2D eigenvalue weighted by Crippen LogP contribution is -2.34. The summed E-state index contributed by atoms with van der Waals surface area (Å²) in [5.41, 5.74) is 0.499. The van der Waals surface area contributed by atoms with Crippen LogP contribution in [0.3, 0.4) is 0 Å². The molecule has 0 bridgehead atoms. The van der Waals surface area contributed by atoms with Crippen LogP contribution in [0.4, 0.5) is 24.5 Å². The van der Waals surface area contributed by atoms with E-state index in [9.17, 15) is 18.0 Å². The molecule has 9 heteroatoms. The predicted octanol–water partition coefficient (Wildman–Crippen LogP) is 5.04. The molecule has 0 radical (unpaired) electrons. The van der Waals surface area contributed by atoms with Crippen LogP contribution in [0.25, 0.3) is 0 Å². The van der Waals surface area contributed by atoms with Crippen molar-refractivity contribution in [2.24, 2.45) is 0 Å². The molecule has 28 heavy (non-hydrogen) atoms. The Morgan fingerprint density at radius 2 is 1.71 bits per heavy atom. The summed E-state index contributed by atoms with van der Waals surface area (Å²) in [4.78, 5) is 14.3. The van der Waals surface area contributed by atoms with Gasteiger partial charge in [0.05, 0.1) is 16.9 Å². The molecule has 2 aromatic rings. The average Bonchev–Trinajstić information content (AvgIpc) is 3.15. The van der Waals surface area contributed by atoms with Gasteiger partial charge in [0, 0.05) is 22.2 Å². The topological polar surface area (TPSA) is 44.4 Å². The number of alkyl halides is 3. The van der Waals surface area contributed by atoms with Crippen molar-refractivity contribution < 1.29 is 18.0 Å². The molecule has 4 nitrogen and oxygen atoms in total. The van der Waals surface area contributed by atoms with Crippen molar-refractivity contribution in [3.8, 4) is 0 Å². The number of anilines is 2. The number of halogens is 4. The number of carbonyl (C=O) groups excluding carboxylic acids is 1. The second-order valence-corrected chi connectivity index (χ2v) is 7.99. The van der Waals surface area contributed by atoms with E-state index >= 15 is 0 Å². The number of benzene rings is 2. The van der Waals surface area contributed by atoms with E-state index in [-0.39, 0.29) is 10.8 Å². The molecule has 0 aromatic heterocycles. The molecule has 1 amide bonds. The first-order valence-electron chi connectivity index (χ1n) is 8.58. The van der Waals surface area contributed by atoms with Gasteiger partial charge < -0.3 is 10.2 Å². The minimum Gasteiger partial charge on any atom is -0.370 e. The molecule has 1 heterocycles. The van der Waals surface area contributed by atoms with Gasteiger partial charge in [-0.05, 0) is 90.1 Å². The van der Waals surface area contributed by atoms with Gasteiger partial charge >= 0.3 is 6.18 Å². The molecule has 1 aliphatic heterocycles. The van der Waals surface area contributed by atoms with E-state index < -0.39 is 17.6 Å². The van der Waals surface area contributed by atoms with Crippen molar-refractivity contribution in [2.75, 3.05) is 23.3 Å². The molecule has 1 aliphatic rings. The maximum Gasteiger partial charge on any atom is 0.416 e. The largest absolute Gasteiger partial charge is 0.416 e. The molecule has 0 saturated carbocycles. The maximum absolute atomic E-state index is 13.1. The van der Waals surface area contributed by atoms with Gasteiger partial charge in [0.2, 0.25) is 0 Å². The van der Waals surface area contributed by atoms with Crippen LogP contribution in [0.5, 0.6) is 0 Å². The first kappa shape index (κ1) is 20.8. The third kappa shape index (κ3) is 5.13. The normalized spacial score (nSPS) is 14.1. The van der Waals surface area contributed by atoms with E-state index in [1.165, 1.54) is 6.07 Å². The predicted molar refractivity (Wildman–Crippen MR) is 116 cm³/mol. The molecule has 0 aliphatic carbocycles. The van der Waals surface area contributed by atoms with Crippen molar-refractivity contribution in [3.05, 3.63) is 57.2 Å². The molecule has 3 rings (SSSR count). The summed E-state index contributed by atoms with van der Waals surface area (Å²) in [6.45, 7) is 1.53. The molecule has 148 valence electrons. The minimum atomic E-state index is -4.47. The SMILES string of the molecule is O=C(NC(=S)Nc1cc(C(F)(F)F)ccc1N1CCCC1)c1ccc(I)cc1. The number of rotatable bonds is 3. The zero-order chi connectivity index (χ0) is 20.3. The highest BCUT2D eigenvalue weighted by molar-refractivity contribution is 14.1. The van der Waals surface area contributed by atoms with Gasteiger partial charge in [-0.2, -0.15) is 13.2 Å². The number of carbonyl (C=O) groups is 1. The Labute approximate surface area is 179 Å². The quantitative estimate of drug-likeness (QED) is 0.441. The van der Waals surface area contributed by atoms with Crippen molar-refractivity contribution in [3.63, 3.8) is 0 Å². The second kappa shape index (κ2) is 8.64. The number of hydrogen-bond acceptors (Lipinski definition) is 3. The fourth-order valence-electron chi connectivity index (χ4n) is 2.98. The fraction of sp³-hybridized carbons (Fsp3) is 0.263. The van der Waals surface area contributed by atoms with Crippen LogP contribution in [0.2, 0.25) is 0 Å². The van der Waals surface area contributed by atoms with Gasteiger partial charge in [-0.25, -0.2) is 0 Å². The monoisotopic (exact) mass is 519 g/mol. The summed E-state index contributed by atoms with van der Waals surface area (Å²) in [6.07, 6.45) is -2.51. The van der Waals surface area contributed by atoms with Gasteiger partial charge in [0.15, 0.2) is 5.11 Å². The van der Waals surface area contributed by atoms with Crippen molar-refractivity contribution in [1.29, 1.82) is 0 Å². The van der Waals surface area contributed by atoms with Gasteiger partial charge in [0.25, 0.3) is 5.91 Å². The Balaban J connectivity index is 1.79. The van der Waals surface area contributed by atoms with Crippen LogP contribution in [-0.2, 0) is 6.18 Å². The number of nitrogens with one attached hydrogen (secondary N) is 2. The van der Waals surface area contributed by atoms with E-state index in [1.807, 2.05) is 4.90 Å². The Bertz CT molecular complexity index is 881. The Morgan fingerprint density at radius 1 is 1.07 bits per heavy atom. The van der Waals surface area contributed by atoms with Crippen LogP contribution in [0, 0.1) is 3.57 Å². The lowest BCUT2D eigenvalue weighted by atomic mass is 10.1. The molecule has 1 fully saturated rings. The summed E-state index contributed by atoms with van der Waals surface area (Å²) in [6, 6.07) is 10.4. The fourth-order valence-corrected chi connectivity index (χ4v) is 3.54. The molecule has 2 N–H and O–H groups in total. The van der Waals surface area contributed by atoms with E-state index in [0.29, 0.717) is 11.3 Å². The molecule has 2 aromatic carbocycles. The second-order valence-electron chi connectivity index (χ2n) is 6.34. The smallest absolute Gasteiger partial charge is 0.370 e. The highest BCUT2D eigenvalue weighted by Gasteiger charge is 2.32. The number of thiocarbonyl (C=S) groups is 1. The van der Waals surface area contributed by atoms with Gasteiger partial charge in [-0.1, -0.05) is 0 Å². The van der Waals surface area contributed by atoms with Crippen molar-refractivity contribution in [1.82, 2.24) is 5.32 Å². The Hall–Kier alpha value is -1.88. The zero-order valence-electron chi connectivity index (χ0n) is 14.6. The summed E-state index contributed by atoms with van der Waals surface area (Å²) < 4.78 is 40.4. The molecule has 0 spiro atoms. The van der Waals surface area contributed by atoms with Gasteiger partial charge in [-0.3, -0.25) is 10.1 Å². The molecule has 1 saturated heterocycles. The maximum atomic E-state index is 13.1. The van der Waals surface area contributed by atoms with Crippen LogP contribution >= 0.6 is 34.8 Å². The van der Waals surface area contributed by atoms with E-state index in [4.69, 9.17) is 12.2 Å². The average molecular weight is 519 g/mol. The summed E-state index contributed by atoms with van der Waals surface area (Å²) >= 11 is 7.29. The minimum absolute atomic E-state index is 0.0525. The molecular formula is C19H17F3IN3OS. The Morgan fingerprint density at radius 3 is 2.32 bits per heavy atom. The zero-order valence-corrected chi connectivity index (χ0v) is 17.6. The van der Waals surface area contributed by atoms with E-state index in [2.05, 4.69) is 33.2 Å². The highest BCUT2D eigenvalue weighted by atomic mass is 127. The molecule has 0 atom stereocenters. The molecule has 0 unspecified atom stereocenters. The van der Waals surface area contributed by atoms with E-state index in [1.54, 1.807) is 24.3 Å². The van der Waals surface area contributed by atoms with Crippen LogP contribution in [0.1, 0.15) is 28.8 Å². The number of amides is 1. The van der Waals surface area contributed by atoms with Crippen LogP contribution in [0.15, 0.2) is 42.5 Å². The Kier molecular flexibility index (Phi) is 6.43. The number of nitrogens with zero attached hydrogens (tertiary/aromatic N) is 1. The summed E-state index contributed by atoms with van der Waals surface area (Å²) in [5.74, 6) is -0.427. The van der Waals surface area contributed by atoms with Crippen molar-refractivity contribution in [2.45, 2.75) is 19.0 Å². The first-order valence-corrected chi connectivity index (χ1v) is 10.1. The highest BCUT2D eigenvalue weighted by Crippen LogP contribution is 2.36. The summed E-state index contributed by atoms with van der Waals surface area (Å²) in [5, 5.41) is 5.24. The van der Waals surface area contributed by atoms with Gasteiger partial charge in [0.1, 0.15) is 0 Å². The third-order valence-corrected chi connectivity index (χ3v) is 5.28. The van der Waals surface area contributed by atoms with Crippen LogP contribution in [-0.4, -0.2) is 24.1 Å². The van der Waals surface area contributed by atoms with Crippen molar-refractivity contribution >= 4 is 57.2 Å². The van der Waals surface area contributed by atoms with Gasteiger partial charge in [-0.15, -0.1) is 0 Å². The van der Waals surface area contributed by atoms with E-state index in [0.717, 1.165) is 41.6 Å². The molecular weight excluding hydrogens is 502 g/mol.